The molecule has 0 saturated heterocycles. The van der Waals surface area contributed by atoms with E-state index in [1.165, 1.54) is 31.4 Å². The van der Waals surface area contributed by atoms with E-state index in [-0.39, 0.29) is 29.4 Å². The fraction of sp³-hybridized carbons (Fsp3) is 0.200. The van der Waals surface area contributed by atoms with E-state index in [0.717, 1.165) is 13.1 Å². The maximum Gasteiger partial charge on any atom is 0.323 e. The molecule has 33 heavy (non-hydrogen) atoms. The minimum absolute atomic E-state index is 0.0163. The van der Waals surface area contributed by atoms with Gasteiger partial charge in [0, 0.05) is 12.5 Å². The van der Waals surface area contributed by atoms with Gasteiger partial charge in [0.15, 0.2) is 17.2 Å². The number of rotatable bonds is 8. The van der Waals surface area contributed by atoms with Crippen LogP contribution >= 0.6 is 0 Å². The van der Waals surface area contributed by atoms with Crippen molar-refractivity contribution in [2.45, 2.75) is 6.92 Å². The Labute approximate surface area is 186 Å². The Morgan fingerprint density at radius 2 is 1.97 bits per heavy atom. The molecule has 13 nitrogen and oxygen atoms in total. The van der Waals surface area contributed by atoms with Crippen molar-refractivity contribution in [2.24, 2.45) is 5.10 Å². The molecule has 1 aliphatic rings. The molecular formula is C20H18N4O9. The second-order valence-corrected chi connectivity index (χ2v) is 6.43. The maximum atomic E-state index is 12.2. The van der Waals surface area contributed by atoms with E-state index in [0.29, 0.717) is 11.5 Å². The Morgan fingerprint density at radius 1 is 1.21 bits per heavy atom. The maximum absolute atomic E-state index is 12.2. The molecule has 1 aliphatic heterocycles. The van der Waals surface area contributed by atoms with E-state index in [4.69, 9.17) is 18.9 Å². The molecule has 0 spiro atoms. The zero-order chi connectivity index (χ0) is 24.0. The van der Waals surface area contributed by atoms with E-state index in [2.05, 4.69) is 15.8 Å². The Kier molecular flexibility index (Phi) is 7.03. The summed E-state index contributed by atoms with van der Waals surface area (Å²) >= 11 is 0. The van der Waals surface area contributed by atoms with Crippen LogP contribution in [0.1, 0.15) is 22.8 Å². The number of carbonyl (C=O) groups is 3. The van der Waals surface area contributed by atoms with Gasteiger partial charge in [-0.05, 0) is 30.3 Å². The van der Waals surface area contributed by atoms with Crippen LogP contribution in [0.15, 0.2) is 35.4 Å². The zero-order valence-corrected chi connectivity index (χ0v) is 17.4. The summed E-state index contributed by atoms with van der Waals surface area (Å²) in [5.41, 5.74) is 1.90. The highest BCUT2D eigenvalue weighted by atomic mass is 16.7. The number of ether oxygens (including phenoxy) is 4. The molecule has 3 rings (SSSR count). The summed E-state index contributed by atoms with van der Waals surface area (Å²) in [4.78, 5) is 46.1. The molecule has 0 bridgehead atoms. The van der Waals surface area contributed by atoms with Gasteiger partial charge in [-0.25, -0.2) is 5.43 Å². The summed E-state index contributed by atoms with van der Waals surface area (Å²) in [5.74, 6) is -1.34. The van der Waals surface area contributed by atoms with Gasteiger partial charge in [0.25, 0.3) is 11.8 Å². The average Bonchev–Trinajstić information content (AvgIpc) is 3.25. The lowest BCUT2D eigenvalue weighted by Gasteiger charge is -2.09. The Balaban J connectivity index is 1.62. The number of methoxy groups -OCH3 is 1. The molecular weight excluding hydrogens is 440 g/mol. The number of nitro groups is 1. The second-order valence-electron chi connectivity index (χ2n) is 6.43. The van der Waals surface area contributed by atoms with Crippen molar-refractivity contribution in [1.29, 1.82) is 0 Å². The molecule has 0 fully saturated rings. The number of hydrogen-bond acceptors (Lipinski definition) is 10. The molecule has 2 aromatic rings. The molecule has 2 N–H and O–H groups in total. The lowest BCUT2D eigenvalue weighted by atomic mass is 10.1. The first-order chi connectivity index (χ1) is 15.8. The number of esters is 1. The average molecular weight is 458 g/mol. The first-order valence-electron chi connectivity index (χ1n) is 9.33. The minimum Gasteiger partial charge on any atom is -0.488 e. The van der Waals surface area contributed by atoms with Crippen LogP contribution in [-0.2, 0) is 9.59 Å². The third-order valence-corrected chi connectivity index (χ3v) is 4.20. The summed E-state index contributed by atoms with van der Waals surface area (Å²) in [7, 11) is 1.18. The van der Waals surface area contributed by atoms with Gasteiger partial charge in [0.2, 0.25) is 12.5 Å². The largest absolute Gasteiger partial charge is 0.488 e. The molecule has 0 unspecified atom stereocenters. The second kappa shape index (κ2) is 10.1. The number of nitrogens with zero attached hydrogens (tertiary/aromatic N) is 2. The predicted octanol–water partition coefficient (Wildman–Crippen LogP) is 1.14. The molecule has 2 amide bonds. The highest BCUT2D eigenvalue weighted by Crippen LogP contribution is 2.39. The van der Waals surface area contributed by atoms with Crippen molar-refractivity contribution in [3.8, 4) is 23.0 Å². The van der Waals surface area contributed by atoms with Gasteiger partial charge in [0.1, 0.15) is 0 Å². The molecule has 0 aliphatic carbocycles. The van der Waals surface area contributed by atoms with Crippen molar-refractivity contribution in [1.82, 2.24) is 10.7 Å². The fourth-order valence-electron chi connectivity index (χ4n) is 2.81. The first-order valence-corrected chi connectivity index (χ1v) is 9.33. The van der Waals surface area contributed by atoms with Gasteiger partial charge < -0.3 is 24.3 Å². The molecule has 1 heterocycles. The summed E-state index contributed by atoms with van der Waals surface area (Å²) in [6, 6.07) is 7.15. The van der Waals surface area contributed by atoms with E-state index in [1.807, 2.05) is 0 Å². The van der Waals surface area contributed by atoms with Gasteiger partial charge in [0.05, 0.1) is 30.4 Å². The minimum atomic E-state index is -0.736. The summed E-state index contributed by atoms with van der Waals surface area (Å²) in [6.07, 6.45) is 1.02. The predicted molar refractivity (Wildman–Crippen MR) is 112 cm³/mol. The highest BCUT2D eigenvalue weighted by Gasteiger charge is 2.25. The van der Waals surface area contributed by atoms with Crippen molar-refractivity contribution in [2.75, 3.05) is 20.4 Å². The van der Waals surface area contributed by atoms with E-state index in [1.54, 1.807) is 6.07 Å². The molecule has 0 aromatic heterocycles. The summed E-state index contributed by atoms with van der Waals surface area (Å²) < 4.78 is 20.3. The molecule has 13 heteroatoms. The third kappa shape index (κ3) is 5.52. The van der Waals surface area contributed by atoms with Crippen LogP contribution in [-0.4, -0.2) is 49.4 Å². The topological polar surface area (TPSA) is 168 Å². The van der Waals surface area contributed by atoms with Crippen molar-refractivity contribution in [3.63, 3.8) is 0 Å². The van der Waals surface area contributed by atoms with Crippen LogP contribution in [0.3, 0.4) is 0 Å². The number of fused-ring (bicyclic) bond motifs is 1. The van der Waals surface area contributed by atoms with Crippen LogP contribution in [0.4, 0.5) is 5.69 Å². The number of amides is 2. The normalized spacial score (nSPS) is 11.7. The quantitative estimate of drug-likeness (QED) is 0.194. The first kappa shape index (κ1) is 23.0. The monoisotopic (exact) mass is 458 g/mol. The van der Waals surface area contributed by atoms with Gasteiger partial charge in [-0.2, -0.15) is 5.10 Å². The molecule has 0 saturated carbocycles. The fourth-order valence-corrected chi connectivity index (χ4v) is 2.81. The van der Waals surface area contributed by atoms with E-state index < -0.39 is 34.9 Å². The van der Waals surface area contributed by atoms with Crippen molar-refractivity contribution >= 4 is 29.7 Å². The van der Waals surface area contributed by atoms with Crippen LogP contribution in [0.5, 0.6) is 23.0 Å². The van der Waals surface area contributed by atoms with Gasteiger partial charge >= 0.3 is 11.7 Å². The lowest BCUT2D eigenvalue weighted by molar-refractivity contribution is -0.385. The summed E-state index contributed by atoms with van der Waals surface area (Å²) in [6.45, 7) is 0.806. The summed E-state index contributed by atoms with van der Waals surface area (Å²) in [5, 5.41) is 17.6. The number of benzene rings is 2. The highest BCUT2D eigenvalue weighted by molar-refractivity contribution is 5.97. The molecule has 0 atom stereocenters. The molecule has 2 aromatic carbocycles. The van der Waals surface area contributed by atoms with Crippen LogP contribution in [0.2, 0.25) is 0 Å². The van der Waals surface area contributed by atoms with Crippen molar-refractivity contribution in [3.05, 3.63) is 51.6 Å². The number of nitrogens with one attached hydrogen (secondary N) is 2. The Hall–Kier alpha value is -4.68. The molecule has 172 valence electrons. The van der Waals surface area contributed by atoms with Crippen LogP contribution in [0, 0.1) is 10.1 Å². The van der Waals surface area contributed by atoms with Gasteiger partial charge in [-0.3, -0.25) is 24.5 Å². The SMILES string of the molecule is COc1c(OC(C)=O)ccc(C=NNC(=O)CNC(=O)c2ccc3c(c2)OCO3)c1[N+](=O)[O-]. The van der Waals surface area contributed by atoms with Crippen molar-refractivity contribution < 1.29 is 38.3 Å². The molecule has 0 radical (unpaired) electrons. The Bertz CT molecular complexity index is 1150. The van der Waals surface area contributed by atoms with E-state index >= 15 is 0 Å². The van der Waals surface area contributed by atoms with Gasteiger partial charge in [-0.15, -0.1) is 0 Å². The third-order valence-electron chi connectivity index (χ3n) is 4.20. The lowest BCUT2D eigenvalue weighted by Crippen LogP contribution is -2.34. The number of hydrazone groups is 1. The standard InChI is InChI=1S/C20H18N4O9/c1-11(25)33-15-6-4-13(18(24(28)29)19(15)30-2)8-22-23-17(26)9-21-20(27)12-3-5-14-16(7-12)32-10-31-14/h3-8H,9-10H2,1-2H3,(H,21,27)(H,23,26). The van der Waals surface area contributed by atoms with Gasteiger partial charge in [-0.1, -0.05) is 0 Å². The smallest absolute Gasteiger partial charge is 0.323 e. The van der Waals surface area contributed by atoms with Crippen LogP contribution < -0.4 is 29.7 Å². The number of carbonyl (C=O) groups excluding carboxylic acids is 3. The van der Waals surface area contributed by atoms with E-state index in [9.17, 15) is 24.5 Å². The zero-order valence-electron chi connectivity index (χ0n) is 17.4. The van der Waals surface area contributed by atoms with Crippen LogP contribution in [0.25, 0.3) is 0 Å². The number of hydrogen-bond donors (Lipinski definition) is 2. The Morgan fingerprint density at radius 3 is 2.67 bits per heavy atom. The number of nitro benzene ring substituents is 1.